The minimum atomic E-state index is 0.658. The van der Waals surface area contributed by atoms with Crippen LogP contribution in [-0.4, -0.2) is 0 Å². The summed E-state index contributed by atoms with van der Waals surface area (Å²) in [5, 5.41) is 0. The summed E-state index contributed by atoms with van der Waals surface area (Å²) in [5.41, 5.74) is 13.9. The molecule has 0 heterocycles. The Morgan fingerprint density at radius 1 is 1.29 bits per heavy atom. The molecular formula is C9H9Br3N2. The normalized spacial score (nSPS) is 11.9. The van der Waals surface area contributed by atoms with Crippen molar-refractivity contribution >= 4 is 65.2 Å². The molecule has 0 saturated carbocycles. The van der Waals surface area contributed by atoms with E-state index in [0.717, 1.165) is 19.0 Å². The highest BCUT2D eigenvalue weighted by Crippen LogP contribution is 2.37. The molecule has 0 spiro atoms. The molecule has 0 radical (unpaired) electrons. The van der Waals surface area contributed by atoms with Gasteiger partial charge in [0.1, 0.15) is 0 Å². The Labute approximate surface area is 108 Å². The summed E-state index contributed by atoms with van der Waals surface area (Å²) in [6, 6.07) is 1.83. The number of nitrogen functional groups attached to an aromatic ring is 2. The molecule has 0 saturated heterocycles. The van der Waals surface area contributed by atoms with Gasteiger partial charge >= 0.3 is 0 Å². The first kappa shape index (κ1) is 12.1. The van der Waals surface area contributed by atoms with E-state index in [9.17, 15) is 0 Å². The molecule has 0 atom stereocenters. The maximum atomic E-state index is 5.90. The SMILES string of the molecule is CC(Br)=Cc1cc(N)c(Br)c(Br)c1N. The number of anilines is 2. The maximum Gasteiger partial charge on any atom is 0.0574 e. The van der Waals surface area contributed by atoms with Gasteiger partial charge in [0, 0.05) is 11.3 Å². The van der Waals surface area contributed by atoms with Crippen LogP contribution in [0, 0.1) is 0 Å². The molecule has 0 amide bonds. The molecule has 4 N–H and O–H groups in total. The third-order valence-electron chi connectivity index (χ3n) is 1.66. The van der Waals surface area contributed by atoms with Gasteiger partial charge in [-0.1, -0.05) is 15.9 Å². The van der Waals surface area contributed by atoms with Crippen molar-refractivity contribution in [3.63, 3.8) is 0 Å². The first-order chi connectivity index (χ1) is 6.43. The number of rotatable bonds is 1. The second-order valence-corrected chi connectivity index (χ2v) is 5.66. The second-order valence-electron chi connectivity index (χ2n) is 2.83. The lowest BCUT2D eigenvalue weighted by molar-refractivity contribution is 1.54. The Morgan fingerprint density at radius 3 is 2.36 bits per heavy atom. The van der Waals surface area contributed by atoms with Crippen LogP contribution in [0.15, 0.2) is 19.5 Å². The van der Waals surface area contributed by atoms with Crippen LogP contribution in [0.1, 0.15) is 12.5 Å². The number of halogens is 3. The van der Waals surface area contributed by atoms with Crippen molar-refractivity contribution in [3.8, 4) is 0 Å². The lowest BCUT2D eigenvalue weighted by atomic mass is 10.1. The Hall–Kier alpha value is -0.0000000000000000555. The lowest BCUT2D eigenvalue weighted by Crippen LogP contribution is -1.96. The average molecular weight is 385 g/mol. The summed E-state index contributed by atoms with van der Waals surface area (Å²) in [6.45, 7) is 1.94. The van der Waals surface area contributed by atoms with Crippen LogP contribution in [0.3, 0.4) is 0 Å². The molecule has 0 bridgehead atoms. The molecule has 0 unspecified atom stereocenters. The zero-order chi connectivity index (χ0) is 10.9. The zero-order valence-corrected chi connectivity index (χ0v) is 12.2. The van der Waals surface area contributed by atoms with E-state index in [2.05, 4.69) is 47.8 Å². The minimum Gasteiger partial charge on any atom is -0.398 e. The number of hydrogen-bond donors (Lipinski definition) is 2. The van der Waals surface area contributed by atoms with Gasteiger partial charge in [0.25, 0.3) is 0 Å². The number of allylic oxidation sites excluding steroid dienone is 1. The Kier molecular flexibility index (Phi) is 4.04. The third kappa shape index (κ3) is 2.52. The molecule has 0 fully saturated rings. The lowest BCUT2D eigenvalue weighted by Gasteiger charge is -2.08. The molecule has 1 rings (SSSR count). The Balaban J connectivity index is 3.41. The highest BCUT2D eigenvalue weighted by atomic mass is 79.9. The van der Waals surface area contributed by atoms with E-state index < -0.39 is 0 Å². The van der Waals surface area contributed by atoms with Crippen LogP contribution >= 0.6 is 47.8 Å². The third-order valence-corrected chi connectivity index (χ3v) is 4.10. The van der Waals surface area contributed by atoms with Crippen molar-refractivity contribution in [1.29, 1.82) is 0 Å². The van der Waals surface area contributed by atoms with Crippen LogP contribution in [0.4, 0.5) is 11.4 Å². The molecule has 1 aromatic carbocycles. The van der Waals surface area contributed by atoms with Crippen molar-refractivity contribution < 1.29 is 0 Å². The van der Waals surface area contributed by atoms with E-state index in [1.54, 1.807) is 0 Å². The van der Waals surface area contributed by atoms with Gasteiger partial charge in [0.15, 0.2) is 0 Å². The Morgan fingerprint density at radius 2 is 1.86 bits per heavy atom. The van der Waals surface area contributed by atoms with Gasteiger partial charge in [-0.15, -0.1) is 0 Å². The van der Waals surface area contributed by atoms with Crippen molar-refractivity contribution in [2.45, 2.75) is 6.92 Å². The molecule has 0 aliphatic heterocycles. The fourth-order valence-electron chi connectivity index (χ4n) is 1.01. The molecule has 5 heteroatoms. The first-order valence-electron chi connectivity index (χ1n) is 3.80. The molecule has 0 aliphatic rings. The smallest absolute Gasteiger partial charge is 0.0574 e. The van der Waals surface area contributed by atoms with Crippen LogP contribution in [0.25, 0.3) is 6.08 Å². The van der Waals surface area contributed by atoms with Crippen LogP contribution < -0.4 is 11.5 Å². The fourth-order valence-corrected chi connectivity index (χ4v) is 2.05. The van der Waals surface area contributed by atoms with Crippen molar-refractivity contribution in [2.24, 2.45) is 0 Å². The zero-order valence-electron chi connectivity index (χ0n) is 7.44. The summed E-state index contributed by atoms with van der Waals surface area (Å²) in [5.74, 6) is 0. The predicted octanol–water partition coefficient (Wildman–Crippen LogP) is 4.13. The summed E-state index contributed by atoms with van der Waals surface area (Å²) < 4.78 is 2.58. The van der Waals surface area contributed by atoms with Gasteiger partial charge in [-0.25, -0.2) is 0 Å². The molecule has 76 valence electrons. The van der Waals surface area contributed by atoms with Crippen molar-refractivity contribution in [1.82, 2.24) is 0 Å². The van der Waals surface area contributed by atoms with Crippen LogP contribution in [0.2, 0.25) is 0 Å². The van der Waals surface area contributed by atoms with Crippen LogP contribution in [0.5, 0.6) is 0 Å². The summed E-state index contributed by atoms with van der Waals surface area (Å²) in [7, 11) is 0. The van der Waals surface area contributed by atoms with Gasteiger partial charge in [-0.05, 0) is 55.4 Å². The van der Waals surface area contributed by atoms with Gasteiger partial charge in [-0.3, -0.25) is 0 Å². The molecule has 0 aromatic heterocycles. The number of hydrogen-bond acceptors (Lipinski definition) is 2. The number of nitrogens with two attached hydrogens (primary N) is 2. The summed E-state index contributed by atoms with van der Waals surface area (Å²) >= 11 is 10.1. The first-order valence-corrected chi connectivity index (χ1v) is 6.18. The monoisotopic (exact) mass is 382 g/mol. The quantitative estimate of drug-likeness (QED) is 0.715. The molecular weight excluding hydrogens is 376 g/mol. The van der Waals surface area contributed by atoms with Gasteiger partial charge < -0.3 is 11.5 Å². The van der Waals surface area contributed by atoms with E-state index in [0.29, 0.717) is 11.4 Å². The van der Waals surface area contributed by atoms with E-state index in [-0.39, 0.29) is 0 Å². The topological polar surface area (TPSA) is 52.0 Å². The minimum absolute atomic E-state index is 0.658. The molecule has 1 aromatic rings. The van der Waals surface area contributed by atoms with Crippen molar-refractivity contribution in [3.05, 3.63) is 25.1 Å². The maximum absolute atomic E-state index is 5.90. The fraction of sp³-hybridized carbons (Fsp3) is 0.111. The van der Waals surface area contributed by atoms with E-state index in [1.807, 2.05) is 19.1 Å². The molecule has 0 aliphatic carbocycles. The van der Waals surface area contributed by atoms with E-state index in [4.69, 9.17) is 11.5 Å². The van der Waals surface area contributed by atoms with Gasteiger partial charge in [0.05, 0.1) is 14.6 Å². The van der Waals surface area contributed by atoms with Crippen molar-refractivity contribution in [2.75, 3.05) is 11.5 Å². The summed E-state index contributed by atoms with van der Waals surface area (Å²) in [4.78, 5) is 0. The highest BCUT2D eigenvalue weighted by Gasteiger charge is 2.09. The van der Waals surface area contributed by atoms with E-state index in [1.165, 1.54) is 0 Å². The van der Waals surface area contributed by atoms with Crippen LogP contribution in [-0.2, 0) is 0 Å². The predicted molar refractivity (Wildman–Crippen MR) is 73.2 cm³/mol. The number of benzene rings is 1. The Bertz CT molecular complexity index is 396. The molecule has 2 nitrogen and oxygen atoms in total. The molecule has 14 heavy (non-hydrogen) atoms. The van der Waals surface area contributed by atoms with Gasteiger partial charge in [-0.2, -0.15) is 0 Å². The largest absolute Gasteiger partial charge is 0.398 e. The standard InChI is InChI=1S/C9H9Br3N2/c1-4(10)2-5-3-6(13)7(11)8(12)9(5)14/h2-3H,13-14H2,1H3. The summed E-state index contributed by atoms with van der Waals surface area (Å²) in [6.07, 6.45) is 1.92. The highest BCUT2D eigenvalue weighted by molar-refractivity contribution is 9.13. The van der Waals surface area contributed by atoms with Gasteiger partial charge in [0.2, 0.25) is 0 Å². The average Bonchev–Trinajstić information content (AvgIpc) is 2.10. The van der Waals surface area contributed by atoms with E-state index >= 15 is 0 Å². The second kappa shape index (κ2) is 4.68.